The highest BCUT2D eigenvalue weighted by atomic mass is 16.4. The Labute approximate surface area is 132 Å². The number of carboxylic acids is 1. The average molecular weight is 334 g/mol. The maximum Gasteiger partial charge on any atom is 0.325 e. The fourth-order valence-corrected chi connectivity index (χ4v) is 1.33. The zero-order chi connectivity index (χ0) is 18.2. The molecule has 0 aliphatic rings. The average Bonchev–Trinajstić information content (AvgIpc) is 2.48. The maximum absolute atomic E-state index is 11.7. The normalized spacial score (nSPS) is 15.7. The number of aliphatic hydroxyl groups excluding tert-OH is 2. The second-order valence-corrected chi connectivity index (χ2v) is 4.86. The second-order valence-electron chi connectivity index (χ2n) is 4.86. The minimum Gasteiger partial charge on any atom is -0.480 e. The molecule has 11 heteroatoms. The Bertz CT molecular complexity index is 455. The van der Waals surface area contributed by atoms with Crippen molar-refractivity contribution in [1.82, 2.24) is 16.0 Å². The lowest BCUT2D eigenvalue weighted by Gasteiger charge is -2.20. The fourth-order valence-electron chi connectivity index (χ4n) is 1.33. The summed E-state index contributed by atoms with van der Waals surface area (Å²) in [5.74, 6) is -3.70. The van der Waals surface area contributed by atoms with Crippen molar-refractivity contribution in [3.8, 4) is 0 Å². The van der Waals surface area contributed by atoms with Crippen LogP contribution in [0, 0.1) is 0 Å². The summed E-state index contributed by atoms with van der Waals surface area (Å²) in [7, 11) is 0. The number of carbonyl (C=O) groups is 4. The van der Waals surface area contributed by atoms with Crippen LogP contribution in [0.3, 0.4) is 0 Å². The Morgan fingerprint density at radius 3 is 2.09 bits per heavy atom. The number of aliphatic carboxylic acids is 1. The molecular weight excluding hydrogens is 312 g/mol. The van der Waals surface area contributed by atoms with Crippen LogP contribution in [0.5, 0.6) is 0 Å². The third-order valence-electron chi connectivity index (χ3n) is 2.81. The molecule has 0 saturated carbocycles. The Morgan fingerprint density at radius 1 is 1.09 bits per heavy atom. The number of carboxylic acid groups (broad SMARTS) is 1. The summed E-state index contributed by atoms with van der Waals surface area (Å²) < 4.78 is 0. The number of hydrogen-bond donors (Lipinski definition) is 7. The molecule has 0 radical (unpaired) electrons. The van der Waals surface area contributed by atoms with Gasteiger partial charge in [0, 0.05) is 0 Å². The number of aliphatic hydroxyl groups is 2. The maximum atomic E-state index is 11.7. The van der Waals surface area contributed by atoms with Gasteiger partial charge in [-0.05, 0) is 13.8 Å². The smallest absolute Gasteiger partial charge is 0.325 e. The lowest BCUT2D eigenvalue weighted by molar-refractivity contribution is -0.141. The van der Waals surface area contributed by atoms with Gasteiger partial charge in [0.05, 0.1) is 19.3 Å². The van der Waals surface area contributed by atoms with Crippen LogP contribution < -0.4 is 21.7 Å². The quantitative estimate of drug-likeness (QED) is 0.221. The van der Waals surface area contributed by atoms with Crippen molar-refractivity contribution in [2.24, 2.45) is 5.73 Å². The van der Waals surface area contributed by atoms with Crippen molar-refractivity contribution < 1.29 is 34.5 Å². The highest BCUT2D eigenvalue weighted by molar-refractivity contribution is 5.92. The molecule has 0 rings (SSSR count). The van der Waals surface area contributed by atoms with Crippen LogP contribution in [0.15, 0.2) is 0 Å². The number of nitrogens with one attached hydrogen (secondary N) is 3. The molecule has 132 valence electrons. The van der Waals surface area contributed by atoms with Crippen LogP contribution in [0.1, 0.15) is 13.8 Å². The Hall–Kier alpha value is -2.24. The zero-order valence-electron chi connectivity index (χ0n) is 12.8. The van der Waals surface area contributed by atoms with Crippen LogP contribution in [0.4, 0.5) is 0 Å². The predicted molar refractivity (Wildman–Crippen MR) is 76.9 cm³/mol. The van der Waals surface area contributed by atoms with Gasteiger partial charge in [0.2, 0.25) is 17.7 Å². The van der Waals surface area contributed by atoms with E-state index in [1.807, 2.05) is 0 Å². The summed E-state index contributed by atoms with van der Waals surface area (Å²) in [6, 6.07) is -3.77. The van der Waals surface area contributed by atoms with E-state index in [9.17, 15) is 24.3 Å². The SMILES string of the molecule is CC(NC(=O)CNC(=O)C(CO)NC(=O)C(N)C(C)O)C(=O)O. The van der Waals surface area contributed by atoms with E-state index in [2.05, 4.69) is 16.0 Å². The summed E-state index contributed by atoms with van der Waals surface area (Å²) in [6.45, 7) is 1.24. The highest BCUT2D eigenvalue weighted by Gasteiger charge is 2.25. The lowest BCUT2D eigenvalue weighted by atomic mass is 10.1. The molecule has 11 nitrogen and oxygen atoms in total. The third kappa shape index (κ3) is 7.54. The van der Waals surface area contributed by atoms with Crippen LogP contribution in [0.25, 0.3) is 0 Å². The molecule has 8 N–H and O–H groups in total. The fraction of sp³-hybridized carbons (Fsp3) is 0.667. The lowest BCUT2D eigenvalue weighted by Crippen LogP contribution is -2.56. The molecule has 4 atom stereocenters. The van der Waals surface area contributed by atoms with E-state index in [0.29, 0.717) is 0 Å². The van der Waals surface area contributed by atoms with Gasteiger partial charge in [0.25, 0.3) is 0 Å². The van der Waals surface area contributed by atoms with E-state index < -0.39 is 61.1 Å². The molecule has 23 heavy (non-hydrogen) atoms. The number of amides is 3. The predicted octanol–water partition coefficient (Wildman–Crippen LogP) is -4.12. The van der Waals surface area contributed by atoms with Gasteiger partial charge in [-0.25, -0.2) is 0 Å². The number of rotatable bonds is 9. The van der Waals surface area contributed by atoms with Gasteiger partial charge in [-0.2, -0.15) is 0 Å². The van der Waals surface area contributed by atoms with Crippen LogP contribution in [0.2, 0.25) is 0 Å². The Balaban J connectivity index is 4.43. The second kappa shape index (κ2) is 9.71. The molecule has 0 spiro atoms. The molecule has 3 amide bonds. The first-order valence-electron chi connectivity index (χ1n) is 6.74. The molecule has 0 aromatic carbocycles. The number of hydrogen-bond acceptors (Lipinski definition) is 7. The van der Waals surface area contributed by atoms with E-state index in [0.717, 1.165) is 0 Å². The van der Waals surface area contributed by atoms with Crippen LogP contribution >= 0.6 is 0 Å². The monoisotopic (exact) mass is 334 g/mol. The standard InChI is InChI=1S/C12H22N4O7/c1-5(12(22)23)15-8(19)3-14-10(20)7(4-17)16-11(21)9(13)6(2)18/h5-7,9,17-18H,3-4,13H2,1-2H3,(H,14,20)(H,15,19)(H,16,21)(H,22,23). The molecule has 0 aromatic heterocycles. The summed E-state index contributed by atoms with van der Waals surface area (Å²) in [5.41, 5.74) is 5.37. The molecule has 0 fully saturated rings. The number of carbonyl (C=O) groups excluding carboxylic acids is 3. The first-order chi connectivity index (χ1) is 10.6. The van der Waals surface area contributed by atoms with Crippen molar-refractivity contribution in [3.05, 3.63) is 0 Å². The highest BCUT2D eigenvalue weighted by Crippen LogP contribution is 1.91. The van der Waals surface area contributed by atoms with Gasteiger partial charge >= 0.3 is 5.97 Å². The van der Waals surface area contributed by atoms with Gasteiger partial charge in [0.15, 0.2) is 0 Å². The van der Waals surface area contributed by atoms with Crippen LogP contribution in [-0.2, 0) is 19.2 Å². The summed E-state index contributed by atoms with van der Waals surface area (Å²) >= 11 is 0. The minimum absolute atomic E-state index is 0.536. The summed E-state index contributed by atoms with van der Waals surface area (Å²) in [6.07, 6.45) is -1.15. The first-order valence-corrected chi connectivity index (χ1v) is 6.74. The minimum atomic E-state index is -1.36. The van der Waals surface area contributed by atoms with E-state index in [1.165, 1.54) is 13.8 Å². The molecule has 0 aliphatic heterocycles. The zero-order valence-corrected chi connectivity index (χ0v) is 12.8. The van der Waals surface area contributed by atoms with Crippen molar-refractivity contribution in [3.63, 3.8) is 0 Å². The molecule has 0 bridgehead atoms. The van der Waals surface area contributed by atoms with Crippen molar-refractivity contribution in [1.29, 1.82) is 0 Å². The third-order valence-corrected chi connectivity index (χ3v) is 2.81. The molecule has 0 heterocycles. The van der Waals surface area contributed by atoms with Crippen molar-refractivity contribution >= 4 is 23.7 Å². The van der Waals surface area contributed by atoms with Crippen molar-refractivity contribution in [2.75, 3.05) is 13.2 Å². The van der Waals surface area contributed by atoms with Crippen LogP contribution in [-0.4, -0.2) is 76.4 Å². The van der Waals surface area contributed by atoms with E-state index in [1.54, 1.807) is 0 Å². The van der Waals surface area contributed by atoms with Gasteiger partial charge < -0.3 is 37.0 Å². The van der Waals surface area contributed by atoms with E-state index in [4.69, 9.17) is 15.9 Å². The van der Waals surface area contributed by atoms with Crippen molar-refractivity contribution in [2.45, 2.75) is 38.1 Å². The van der Waals surface area contributed by atoms with Gasteiger partial charge in [0.1, 0.15) is 18.1 Å². The molecule has 0 aromatic rings. The largest absolute Gasteiger partial charge is 0.480 e. The van der Waals surface area contributed by atoms with Gasteiger partial charge in [-0.15, -0.1) is 0 Å². The van der Waals surface area contributed by atoms with E-state index >= 15 is 0 Å². The topological polar surface area (TPSA) is 191 Å². The number of nitrogens with two attached hydrogens (primary N) is 1. The molecule has 0 saturated heterocycles. The Kier molecular flexibility index (Phi) is 8.77. The van der Waals surface area contributed by atoms with E-state index in [-0.39, 0.29) is 0 Å². The molecular formula is C12H22N4O7. The summed E-state index contributed by atoms with van der Waals surface area (Å²) in [4.78, 5) is 45.3. The van der Waals surface area contributed by atoms with Gasteiger partial charge in [-0.3, -0.25) is 19.2 Å². The van der Waals surface area contributed by atoms with Gasteiger partial charge in [-0.1, -0.05) is 0 Å². The molecule has 4 unspecified atom stereocenters. The summed E-state index contributed by atoms with van der Waals surface area (Å²) in [5, 5.41) is 33.2. The molecule has 0 aliphatic carbocycles. The first kappa shape index (κ1) is 20.8. The Morgan fingerprint density at radius 2 is 1.65 bits per heavy atom.